The monoisotopic (exact) mass is 297 g/mol. The smallest absolute Gasteiger partial charge is 0.232 e. The third kappa shape index (κ3) is 2.30. The van der Waals surface area contributed by atoms with Crippen molar-refractivity contribution in [2.24, 2.45) is 0 Å². The van der Waals surface area contributed by atoms with E-state index in [0.717, 1.165) is 22.9 Å². The van der Waals surface area contributed by atoms with Gasteiger partial charge in [-0.3, -0.25) is 0 Å². The molecule has 4 nitrogen and oxygen atoms in total. The summed E-state index contributed by atoms with van der Waals surface area (Å²) in [6.07, 6.45) is 0. The Morgan fingerprint density at radius 1 is 1.00 bits per heavy atom. The van der Waals surface area contributed by atoms with E-state index in [1.165, 1.54) is 11.3 Å². The van der Waals surface area contributed by atoms with Crippen molar-refractivity contribution in [2.75, 3.05) is 26.6 Å². The predicted molar refractivity (Wildman–Crippen MR) is 88.9 cm³/mol. The molecular formula is C18H21N2O2+. The fourth-order valence-electron chi connectivity index (χ4n) is 2.87. The SMILES string of the molecule is COc1cc2c(cc1OC)[N+](C)=C(C)C(c1ccccc1)N2. The summed E-state index contributed by atoms with van der Waals surface area (Å²) < 4.78 is 13.0. The molecule has 1 aliphatic rings. The zero-order valence-corrected chi connectivity index (χ0v) is 13.4. The van der Waals surface area contributed by atoms with Crippen LogP contribution in [-0.2, 0) is 0 Å². The summed E-state index contributed by atoms with van der Waals surface area (Å²) in [5, 5.41) is 3.61. The van der Waals surface area contributed by atoms with E-state index in [9.17, 15) is 0 Å². The number of hydrogen-bond donors (Lipinski definition) is 1. The van der Waals surface area contributed by atoms with Gasteiger partial charge in [0.25, 0.3) is 0 Å². The average Bonchev–Trinajstić information content (AvgIpc) is 2.57. The van der Waals surface area contributed by atoms with E-state index in [2.05, 4.69) is 48.1 Å². The molecule has 1 aliphatic heterocycles. The summed E-state index contributed by atoms with van der Waals surface area (Å²) in [6.45, 7) is 2.14. The van der Waals surface area contributed by atoms with E-state index < -0.39 is 0 Å². The molecule has 0 spiro atoms. The third-order valence-electron chi connectivity index (χ3n) is 4.24. The summed E-state index contributed by atoms with van der Waals surface area (Å²) in [5.41, 5.74) is 4.61. The first-order chi connectivity index (χ1) is 10.7. The maximum Gasteiger partial charge on any atom is 0.232 e. The Morgan fingerprint density at radius 3 is 2.27 bits per heavy atom. The average molecular weight is 297 g/mol. The standard InChI is InChI=1S/C18H21N2O2/c1-12-18(13-8-6-5-7-9-13)19-14-10-16(21-3)17(22-4)11-15(14)20(12)2/h5-11,18-19H,1-4H3/q+1. The minimum absolute atomic E-state index is 0.150. The molecule has 1 N–H and O–H groups in total. The number of nitrogens with zero attached hydrogens (tertiary/aromatic N) is 1. The first kappa shape index (κ1) is 14.4. The van der Waals surface area contributed by atoms with Gasteiger partial charge in [0.2, 0.25) is 5.69 Å². The third-order valence-corrected chi connectivity index (χ3v) is 4.24. The van der Waals surface area contributed by atoms with Crippen LogP contribution >= 0.6 is 0 Å². The van der Waals surface area contributed by atoms with Crippen LogP contribution in [0.4, 0.5) is 11.4 Å². The number of methoxy groups -OCH3 is 2. The van der Waals surface area contributed by atoms with Crippen molar-refractivity contribution in [3.63, 3.8) is 0 Å². The summed E-state index contributed by atoms with van der Waals surface area (Å²) in [7, 11) is 5.39. The zero-order valence-electron chi connectivity index (χ0n) is 13.4. The van der Waals surface area contributed by atoms with Crippen LogP contribution in [0.1, 0.15) is 18.5 Å². The van der Waals surface area contributed by atoms with Gasteiger partial charge in [0, 0.05) is 13.0 Å². The molecular weight excluding hydrogens is 276 g/mol. The lowest BCUT2D eigenvalue weighted by Gasteiger charge is -2.25. The maximum atomic E-state index is 5.42. The van der Waals surface area contributed by atoms with Gasteiger partial charge in [-0.25, -0.2) is 0 Å². The van der Waals surface area contributed by atoms with Gasteiger partial charge in [-0.1, -0.05) is 30.3 Å². The molecule has 1 heterocycles. The van der Waals surface area contributed by atoms with Crippen LogP contribution in [0.15, 0.2) is 42.5 Å². The lowest BCUT2D eigenvalue weighted by Crippen LogP contribution is -2.29. The highest BCUT2D eigenvalue weighted by Crippen LogP contribution is 2.41. The van der Waals surface area contributed by atoms with E-state index in [0.29, 0.717) is 0 Å². The fourth-order valence-corrected chi connectivity index (χ4v) is 2.87. The van der Waals surface area contributed by atoms with Crippen LogP contribution < -0.4 is 14.8 Å². The molecule has 0 aliphatic carbocycles. The highest BCUT2D eigenvalue weighted by molar-refractivity contribution is 5.91. The Labute approximate surface area is 131 Å². The molecule has 0 bridgehead atoms. The molecule has 2 aromatic carbocycles. The molecule has 2 aromatic rings. The largest absolute Gasteiger partial charge is 0.493 e. The van der Waals surface area contributed by atoms with Crippen molar-refractivity contribution in [1.29, 1.82) is 0 Å². The Balaban J connectivity index is 2.11. The quantitative estimate of drug-likeness (QED) is 0.879. The Kier molecular flexibility index (Phi) is 3.75. The number of ether oxygens (including phenoxy) is 2. The molecule has 0 fully saturated rings. The van der Waals surface area contributed by atoms with Gasteiger partial charge in [0.15, 0.2) is 17.2 Å². The molecule has 0 aromatic heterocycles. The molecule has 114 valence electrons. The van der Waals surface area contributed by atoms with Crippen molar-refractivity contribution < 1.29 is 14.0 Å². The van der Waals surface area contributed by atoms with Crippen LogP contribution in [-0.4, -0.2) is 31.6 Å². The van der Waals surface area contributed by atoms with Gasteiger partial charge in [-0.05, 0) is 5.56 Å². The second-order valence-electron chi connectivity index (χ2n) is 5.41. The highest BCUT2D eigenvalue weighted by Gasteiger charge is 2.31. The van der Waals surface area contributed by atoms with Crippen LogP contribution in [0.3, 0.4) is 0 Å². The van der Waals surface area contributed by atoms with Crippen LogP contribution in [0, 0.1) is 0 Å². The molecule has 1 atom stereocenters. The molecule has 22 heavy (non-hydrogen) atoms. The Morgan fingerprint density at radius 2 is 1.64 bits per heavy atom. The lowest BCUT2D eigenvalue weighted by atomic mass is 9.99. The highest BCUT2D eigenvalue weighted by atomic mass is 16.5. The number of nitrogens with one attached hydrogen (secondary N) is 1. The van der Waals surface area contributed by atoms with Gasteiger partial charge < -0.3 is 14.8 Å². The summed E-state index contributed by atoms with van der Waals surface area (Å²) >= 11 is 0. The van der Waals surface area contributed by atoms with E-state index in [1.807, 2.05) is 18.2 Å². The molecule has 0 saturated heterocycles. The molecule has 0 amide bonds. The van der Waals surface area contributed by atoms with E-state index in [4.69, 9.17) is 9.47 Å². The van der Waals surface area contributed by atoms with Gasteiger partial charge in [-0.2, -0.15) is 4.58 Å². The van der Waals surface area contributed by atoms with Crippen LogP contribution in [0.5, 0.6) is 11.5 Å². The van der Waals surface area contributed by atoms with Crippen LogP contribution in [0.2, 0.25) is 0 Å². The van der Waals surface area contributed by atoms with Crippen molar-refractivity contribution in [3.8, 4) is 11.5 Å². The molecule has 1 unspecified atom stereocenters. The molecule has 3 rings (SSSR count). The maximum absolute atomic E-state index is 5.42. The van der Waals surface area contributed by atoms with Gasteiger partial charge in [-0.15, -0.1) is 0 Å². The molecule has 0 saturated carbocycles. The topological polar surface area (TPSA) is 33.5 Å². The van der Waals surface area contributed by atoms with Gasteiger partial charge >= 0.3 is 0 Å². The minimum Gasteiger partial charge on any atom is -0.493 e. The molecule has 4 heteroatoms. The number of rotatable bonds is 3. The first-order valence-electron chi connectivity index (χ1n) is 7.30. The minimum atomic E-state index is 0.150. The number of benzene rings is 2. The van der Waals surface area contributed by atoms with E-state index in [1.54, 1.807) is 14.2 Å². The summed E-state index contributed by atoms with van der Waals surface area (Å²) in [6, 6.07) is 14.6. The van der Waals surface area contributed by atoms with Crippen molar-refractivity contribution in [1.82, 2.24) is 0 Å². The zero-order chi connectivity index (χ0) is 15.7. The molecule has 0 radical (unpaired) electrons. The van der Waals surface area contributed by atoms with Gasteiger partial charge in [0.05, 0.1) is 20.3 Å². The van der Waals surface area contributed by atoms with Crippen molar-refractivity contribution >= 4 is 17.1 Å². The van der Waals surface area contributed by atoms with Crippen molar-refractivity contribution in [3.05, 3.63) is 48.0 Å². The summed E-state index contributed by atoms with van der Waals surface area (Å²) in [4.78, 5) is 0. The second-order valence-corrected chi connectivity index (χ2v) is 5.41. The second kappa shape index (κ2) is 5.72. The fraction of sp³-hybridized carbons (Fsp3) is 0.278. The number of hydrogen-bond acceptors (Lipinski definition) is 3. The van der Waals surface area contributed by atoms with Crippen molar-refractivity contribution in [2.45, 2.75) is 13.0 Å². The predicted octanol–water partition coefficient (Wildman–Crippen LogP) is 3.61. The Hall–Kier alpha value is -2.49. The Bertz CT molecular complexity index is 723. The normalized spacial score (nSPS) is 16.8. The van der Waals surface area contributed by atoms with E-state index >= 15 is 0 Å². The first-order valence-corrected chi connectivity index (χ1v) is 7.30. The van der Waals surface area contributed by atoms with E-state index in [-0.39, 0.29) is 6.04 Å². The lowest BCUT2D eigenvalue weighted by molar-refractivity contribution is -0.408. The van der Waals surface area contributed by atoms with Crippen LogP contribution in [0.25, 0.3) is 0 Å². The van der Waals surface area contributed by atoms with Gasteiger partial charge in [0.1, 0.15) is 18.8 Å². The number of fused-ring (bicyclic) bond motifs is 1. The summed E-state index contributed by atoms with van der Waals surface area (Å²) in [5.74, 6) is 1.47. The number of anilines is 1.